The van der Waals surface area contributed by atoms with Crippen LogP contribution in [0.3, 0.4) is 0 Å². The van der Waals surface area contributed by atoms with Gasteiger partial charge >= 0.3 is 5.97 Å². The van der Waals surface area contributed by atoms with E-state index in [1.54, 1.807) is 4.68 Å². The number of aliphatic carboxylic acids is 1. The lowest BCUT2D eigenvalue weighted by Crippen LogP contribution is -1.96. The number of hydrogen-bond acceptors (Lipinski definition) is 6. The van der Waals surface area contributed by atoms with E-state index in [9.17, 15) is 4.79 Å². The van der Waals surface area contributed by atoms with E-state index in [1.165, 1.54) is 23.1 Å². The van der Waals surface area contributed by atoms with Gasteiger partial charge in [0.1, 0.15) is 5.69 Å². The Morgan fingerprint density at radius 1 is 1.59 bits per heavy atom. The molecule has 90 valence electrons. The Hall–Kier alpha value is -1.41. The van der Waals surface area contributed by atoms with Gasteiger partial charge in [0, 0.05) is 12.7 Å². The van der Waals surface area contributed by atoms with Gasteiger partial charge in [-0.15, -0.1) is 10.2 Å². The van der Waals surface area contributed by atoms with E-state index in [0.717, 1.165) is 11.4 Å². The van der Waals surface area contributed by atoms with E-state index in [1.807, 2.05) is 20.0 Å². The monoisotopic (exact) mass is 270 g/mol. The lowest BCUT2D eigenvalue weighted by Gasteiger charge is -1.89. The average molecular weight is 270 g/mol. The van der Waals surface area contributed by atoms with Crippen LogP contribution in [0.2, 0.25) is 0 Å². The van der Waals surface area contributed by atoms with E-state index in [4.69, 9.17) is 5.11 Å². The fourth-order valence-corrected chi connectivity index (χ4v) is 2.69. The SMILES string of the molecule is Cc1cc(-c2nnc(SCC(=O)O)s2)nn1C. The predicted molar refractivity (Wildman–Crippen MR) is 65.2 cm³/mol. The maximum Gasteiger partial charge on any atom is 0.313 e. The van der Waals surface area contributed by atoms with Gasteiger partial charge in [-0.2, -0.15) is 5.10 Å². The molecular formula is C9H10N4O2S2. The van der Waals surface area contributed by atoms with Crippen molar-refractivity contribution < 1.29 is 9.90 Å². The summed E-state index contributed by atoms with van der Waals surface area (Å²) >= 11 is 2.52. The van der Waals surface area contributed by atoms with Crippen molar-refractivity contribution in [2.24, 2.45) is 7.05 Å². The third kappa shape index (κ3) is 2.83. The molecule has 2 rings (SSSR count). The van der Waals surface area contributed by atoms with E-state index in [2.05, 4.69) is 15.3 Å². The van der Waals surface area contributed by atoms with Crippen LogP contribution >= 0.6 is 23.1 Å². The molecule has 8 heteroatoms. The van der Waals surface area contributed by atoms with Gasteiger partial charge in [0.25, 0.3) is 0 Å². The average Bonchev–Trinajstić information content (AvgIpc) is 2.84. The van der Waals surface area contributed by atoms with Crippen molar-refractivity contribution in [2.45, 2.75) is 11.3 Å². The van der Waals surface area contributed by atoms with Crippen molar-refractivity contribution >= 4 is 29.1 Å². The highest BCUT2D eigenvalue weighted by atomic mass is 32.2. The molecule has 2 aromatic rings. The van der Waals surface area contributed by atoms with Crippen LogP contribution < -0.4 is 0 Å². The highest BCUT2D eigenvalue weighted by Crippen LogP contribution is 2.28. The summed E-state index contributed by atoms with van der Waals surface area (Å²) in [6.07, 6.45) is 0. The van der Waals surface area contributed by atoms with E-state index < -0.39 is 5.97 Å². The number of nitrogens with zero attached hydrogens (tertiary/aromatic N) is 4. The normalized spacial score (nSPS) is 10.7. The van der Waals surface area contributed by atoms with Gasteiger partial charge in [0.15, 0.2) is 9.35 Å². The molecule has 0 atom stereocenters. The summed E-state index contributed by atoms with van der Waals surface area (Å²) in [5.41, 5.74) is 1.81. The Kier molecular flexibility index (Phi) is 3.43. The van der Waals surface area contributed by atoms with Gasteiger partial charge in [-0.3, -0.25) is 9.48 Å². The van der Waals surface area contributed by atoms with Crippen LogP contribution in [0.15, 0.2) is 10.4 Å². The number of hydrogen-bond donors (Lipinski definition) is 1. The summed E-state index contributed by atoms with van der Waals surface area (Å²) in [4.78, 5) is 10.4. The number of aromatic nitrogens is 4. The fourth-order valence-electron chi connectivity index (χ4n) is 1.16. The second-order valence-corrected chi connectivity index (χ2v) is 5.55. The lowest BCUT2D eigenvalue weighted by atomic mass is 10.4. The number of thioether (sulfide) groups is 1. The zero-order valence-electron chi connectivity index (χ0n) is 9.25. The molecule has 0 saturated carbocycles. The number of carboxylic acids is 1. The Morgan fingerprint density at radius 2 is 2.35 bits per heavy atom. The maximum absolute atomic E-state index is 10.4. The molecular weight excluding hydrogens is 260 g/mol. The van der Waals surface area contributed by atoms with Crippen molar-refractivity contribution in [2.75, 3.05) is 5.75 Å². The number of aryl methyl sites for hydroxylation is 2. The number of carboxylic acid groups (broad SMARTS) is 1. The maximum atomic E-state index is 10.4. The van der Waals surface area contributed by atoms with Crippen LogP contribution in [0, 0.1) is 6.92 Å². The van der Waals surface area contributed by atoms with Crippen molar-refractivity contribution in [1.29, 1.82) is 0 Å². The molecule has 17 heavy (non-hydrogen) atoms. The number of carbonyl (C=O) groups is 1. The molecule has 0 bridgehead atoms. The third-order valence-electron chi connectivity index (χ3n) is 2.06. The smallest absolute Gasteiger partial charge is 0.313 e. The minimum Gasteiger partial charge on any atom is -0.481 e. The summed E-state index contributed by atoms with van der Waals surface area (Å²) in [6, 6.07) is 1.92. The summed E-state index contributed by atoms with van der Waals surface area (Å²) in [6.45, 7) is 1.96. The first-order valence-electron chi connectivity index (χ1n) is 4.75. The van der Waals surface area contributed by atoms with Gasteiger partial charge in [-0.25, -0.2) is 0 Å². The molecule has 6 nitrogen and oxygen atoms in total. The van der Waals surface area contributed by atoms with E-state index in [-0.39, 0.29) is 5.75 Å². The van der Waals surface area contributed by atoms with Gasteiger partial charge in [-0.1, -0.05) is 23.1 Å². The molecule has 2 aromatic heterocycles. The summed E-state index contributed by atoms with van der Waals surface area (Å²) in [5.74, 6) is -0.865. The van der Waals surface area contributed by atoms with Gasteiger partial charge in [0.05, 0.1) is 5.75 Å². The van der Waals surface area contributed by atoms with Crippen molar-refractivity contribution in [3.8, 4) is 10.7 Å². The molecule has 0 fully saturated rings. The molecule has 0 aliphatic carbocycles. The predicted octanol–water partition coefficient (Wildman–Crippen LogP) is 1.42. The highest BCUT2D eigenvalue weighted by Gasteiger charge is 2.11. The van der Waals surface area contributed by atoms with Crippen LogP contribution in [0.5, 0.6) is 0 Å². The third-order valence-corrected chi connectivity index (χ3v) is 4.12. The summed E-state index contributed by atoms with van der Waals surface area (Å²) in [5, 5.41) is 21.5. The highest BCUT2D eigenvalue weighted by molar-refractivity contribution is 8.01. The zero-order valence-corrected chi connectivity index (χ0v) is 10.9. The molecule has 0 radical (unpaired) electrons. The topological polar surface area (TPSA) is 80.9 Å². The summed E-state index contributed by atoms with van der Waals surface area (Å²) < 4.78 is 2.41. The molecule has 0 unspecified atom stereocenters. The van der Waals surface area contributed by atoms with Crippen LogP contribution in [-0.2, 0) is 11.8 Å². The van der Waals surface area contributed by atoms with Gasteiger partial charge < -0.3 is 5.11 Å². The quantitative estimate of drug-likeness (QED) is 0.846. The molecule has 0 aliphatic heterocycles. The zero-order chi connectivity index (χ0) is 12.4. The number of rotatable bonds is 4. The van der Waals surface area contributed by atoms with E-state index in [0.29, 0.717) is 9.35 Å². The Morgan fingerprint density at radius 3 is 2.94 bits per heavy atom. The molecule has 0 aliphatic rings. The second-order valence-electron chi connectivity index (χ2n) is 3.35. The fraction of sp³-hybridized carbons (Fsp3) is 0.333. The van der Waals surface area contributed by atoms with Crippen LogP contribution in [-0.4, -0.2) is 36.8 Å². The molecule has 1 N–H and O–H groups in total. The molecule has 0 saturated heterocycles. The van der Waals surface area contributed by atoms with Crippen molar-refractivity contribution in [3.63, 3.8) is 0 Å². The first-order chi connectivity index (χ1) is 8.06. The first kappa shape index (κ1) is 12.1. The minimum absolute atomic E-state index is 0.00409. The van der Waals surface area contributed by atoms with Gasteiger partial charge in [-0.05, 0) is 13.0 Å². The lowest BCUT2D eigenvalue weighted by molar-refractivity contribution is -0.133. The summed E-state index contributed by atoms with van der Waals surface area (Å²) in [7, 11) is 1.86. The van der Waals surface area contributed by atoms with Crippen LogP contribution in [0.25, 0.3) is 10.7 Å². The molecule has 0 spiro atoms. The van der Waals surface area contributed by atoms with Crippen molar-refractivity contribution in [1.82, 2.24) is 20.0 Å². The first-order valence-corrected chi connectivity index (χ1v) is 6.55. The Labute approximate surface area is 106 Å². The molecule has 2 heterocycles. The van der Waals surface area contributed by atoms with E-state index >= 15 is 0 Å². The van der Waals surface area contributed by atoms with Crippen LogP contribution in [0.1, 0.15) is 5.69 Å². The van der Waals surface area contributed by atoms with Crippen LogP contribution in [0.4, 0.5) is 0 Å². The largest absolute Gasteiger partial charge is 0.481 e. The second kappa shape index (κ2) is 4.84. The Balaban J connectivity index is 2.15. The standard InChI is InChI=1S/C9H10N4O2S2/c1-5-3-6(12-13(5)2)8-10-11-9(17-8)16-4-7(14)15/h3H,4H2,1-2H3,(H,14,15). The molecule has 0 aromatic carbocycles. The minimum atomic E-state index is -0.861. The molecule has 0 amide bonds. The van der Waals surface area contributed by atoms with Gasteiger partial charge in [0.2, 0.25) is 0 Å². The van der Waals surface area contributed by atoms with Crippen molar-refractivity contribution in [3.05, 3.63) is 11.8 Å². The Bertz CT molecular complexity index is 529.